The summed E-state index contributed by atoms with van der Waals surface area (Å²) in [5.41, 5.74) is 0. The van der Waals surface area contributed by atoms with Crippen LogP contribution >= 0.6 is 0 Å². The van der Waals surface area contributed by atoms with Crippen molar-refractivity contribution < 1.29 is 35.8 Å². The largest absolute Gasteiger partial charge is 0.432 e. The van der Waals surface area contributed by atoms with Crippen molar-refractivity contribution >= 4 is 0 Å². The molecule has 0 radical (unpaired) electrons. The summed E-state index contributed by atoms with van der Waals surface area (Å²) in [7, 11) is 0. The average molecular weight is 408 g/mol. The van der Waals surface area contributed by atoms with Crippen molar-refractivity contribution in [3.8, 4) is 11.5 Å². The van der Waals surface area contributed by atoms with E-state index in [1.165, 1.54) is 0 Å². The van der Waals surface area contributed by atoms with Crippen LogP contribution in [0.3, 0.4) is 0 Å². The topological polar surface area (TPSA) is 18.5 Å². The SMILES string of the molecule is CC=CCCC1CCC(C(F)(F)Oc2ccc(OC(F)=C(F)F)c(F)c2)CC1. The molecule has 0 aromatic heterocycles. The normalized spacial score (nSPS) is 20.2. The number of ether oxygens (including phenoxy) is 2. The van der Waals surface area contributed by atoms with E-state index >= 15 is 0 Å². The van der Waals surface area contributed by atoms with E-state index in [0.717, 1.165) is 25.0 Å². The van der Waals surface area contributed by atoms with Crippen molar-refractivity contribution in [2.24, 2.45) is 11.8 Å². The Morgan fingerprint density at radius 2 is 1.82 bits per heavy atom. The molecule has 8 heteroatoms. The number of alkyl halides is 2. The summed E-state index contributed by atoms with van der Waals surface area (Å²) in [6.07, 6.45) is 1.57. The lowest BCUT2D eigenvalue weighted by atomic mass is 9.79. The minimum absolute atomic E-state index is 0.295. The smallest absolute Gasteiger partial charge is 0.400 e. The van der Waals surface area contributed by atoms with E-state index in [0.29, 0.717) is 37.7 Å². The maximum absolute atomic E-state index is 14.4. The maximum atomic E-state index is 14.4. The van der Waals surface area contributed by atoms with Crippen molar-refractivity contribution in [3.05, 3.63) is 48.3 Å². The Bertz CT molecular complexity index is 705. The van der Waals surface area contributed by atoms with Gasteiger partial charge < -0.3 is 9.47 Å². The molecule has 2 rings (SSSR count). The van der Waals surface area contributed by atoms with Crippen LogP contribution in [0.1, 0.15) is 45.4 Å². The van der Waals surface area contributed by atoms with Crippen LogP contribution in [0.2, 0.25) is 0 Å². The molecule has 1 fully saturated rings. The molecule has 1 aromatic rings. The van der Waals surface area contributed by atoms with Crippen LogP contribution in [0, 0.1) is 17.7 Å². The molecule has 0 N–H and O–H groups in total. The Hall–Kier alpha value is -2.12. The van der Waals surface area contributed by atoms with Crippen LogP contribution in [0.4, 0.5) is 26.3 Å². The molecule has 0 unspecified atom stereocenters. The number of allylic oxidation sites excluding steroid dienone is 2. The standard InChI is InChI=1S/C20H22F6O2/c1-2-3-4-5-13-6-8-14(9-7-13)20(25,26)28-15-10-11-17(16(21)12-15)27-19(24)18(22)23/h2-3,10-14H,4-9H2,1H3. The second kappa shape index (κ2) is 9.89. The molecule has 1 saturated carbocycles. The lowest BCUT2D eigenvalue weighted by molar-refractivity contribution is -0.223. The summed E-state index contributed by atoms with van der Waals surface area (Å²) >= 11 is 0. The number of rotatable bonds is 8. The highest BCUT2D eigenvalue weighted by Crippen LogP contribution is 2.41. The third kappa shape index (κ3) is 6.21. The summed E-state index contributed by atoms with van der Waals surface area (Å²) < 4.78 is 88.0. The molecule has 0 bridgehead atoms. The predicted octanol–water partition coefficient (Wildman–Crippen LogP) is 7.37. The highest BCUT2D eigenvalue weighted by molar-refractivity contribution is 5.34. The van der Waals surface area contributed by atoms with Gasteiger partial charge in [-0.2, -0.15) is 22.0 Å². The van der Waals surface area contributed by atoms with Gasteiger partial charge in [0.15, 0.2) is 11.6 Å². The lowest BCUT2D eigenvalue weighted by Gasteiger charge is -2.33. The maximum Gasteiger partial charge on any atom is 0.400 e. The molecule has 0 aliphatic heterocycles. The van der Waals surface area contributed by atoms with Gasteiger partial charge in [0, 0.05) is 6.07 Å². The van der Waals surface area contributed by atoms with Crippen molar-refractivity contribution in [1.29, 1.82) is 0 Å². The molecular formula is C20H22F6O2. The van der Waals surface area contributed by atoms with E-state index in [1.54, 1.807) is 0 Å². The first-order chi connectivity index (χ1) is 13.2. The molecule has 1 aliphatic rings. The van der Waals surface area contributed by atoms with Gasteiger partial charge in [-0.25, -0.2) is 4.39 Å². The van der Waals surface area contributed by atoms with Gasteiger partial charge in [-0.15, -0.1) is 0 Å². The molecule has 2 nitrogen and oxygen atoms in total. The highest BCUT2D eigenvalue weighted by Gasteiger charge is 2.44. The zero-order valence-electron chi connectivity index (χ0n) is 15.4. The summed E-state index contributed by atoms with van der Waals surface area (Å²) in [4.78, 5) is 0. The van der Waals surface area contributed by atoms with Crippen molar-refractivity contribution in [2.75, 3.05) is 0 Å². The summed E-state index contributed by atoms with van der Waals surface area (Å²) in [6.45, 7) is 1.93. The zero-order valence-corrected chi connectivity index (χ0v) is 15.4. The van der Waals surface area contributed by atoms with Gasteiger partial charge in [0.2, 0.25) is 0 Å². The lowest BCUT2D eigenvalue weighted by Crippen LogP contribution is -2.37. The van der Waals surface area contributed by atoms with Crippen molar-refractivity contribution in [3.63, 3.8) is 0 Å². The van der Waals surface area contributed by atoms with Gasteiger partial charge in [-0.1, -0.05) is 12.2 Å². The Kier molecular flexibility index (Phi) is 7.83. The third-order valence-electron chi connectivity index (χ3n) is 4.80. The molecule has 0 heterocycles. The Balaban J connectivity index is 1.95. The van der Waals surface area contributed by atoms with Gasteiger partial charge in [0.05, 0.1) is 5.92 Å². The van der Waals surface area contributed by atoms with E-state index in [1.807, 2.05) is 13.0 Å². The minimum Gasteiger partial charge on any atom is -0.432 e. The molecular weight excluding hydrogens is 386 g/mol. The van der Waals surface area contributed by atoms with Gasteiger partial charge in [-0.3, -0.25) is 0 Å². The van der Waals surface area contributed by atoms with Gasteiger partial charge in [0.25, 0.3) is 0 Å². The Morgan fingerprint density at radius 3 is 2.39 bits per heavy atom. The summed E-state index contributed by atoms with van der Waals surface area (Å²) in [5.74, 6) is -3.24. The van der Waals surface area contributed by atoms with Crippen LogP contribution in [0.15, 0.2) is 42.4 Å². The van der Waals surface area contributed by atoms with Crippen LogP contribution in [0.25, 0.3) is 0 Å². The Morgan fingerprint density at radius 1 is 1.14 bits per heavy atom. The van der Waals surface area contributed by atoms with Gasteiger partial charge in [0.1, 0.15) is 5.75 Å². The van der Waals surface area contributed by atoms with E-state index in [9.17, 15) is 26.3 Å². The van der Waals surface area contributed by atoms with Gasteiger partial charge >= 0.3 is 18.2 Å². The van der Waals surface area contributed by atoms with Crippen LogP contribution in [0.5, 0.6) is 11.5 Å². The quantitative estimate of drug-likeness (QED) is 0.254. The second-order valence-electron chi connectivity index (χ2n) is 6.76. The molecule has 0 amide bonds. The van der Waals surface area contributed by atoms with Crippen molar-refractivity contribution in [1.82, 2.24) is 0 Å². The fourth-order valence-electron chi connectivity index (χ4n) is 3.29. The first kappa shape index (κ1) is 22.2. The van der Waals surface area contributed by atoms with E-state index < -0.39 is 41.4 Å². The highest BCUT2D eigenvalue weighted by atomic mass is 19.3. The monoisotopic (exact) mass is 408 g/mol. The first-order valence-corrected chi connectivity index (χ1v) is 9.09. The van der Waals surface area contributed by atoms with Crippen molar-refractivity contribution in [2.45, 2.75) is 51.6 Å². The van der Waals surface area contributed by atoms with Gasteiger partial charge in [-0.05, 0) is 63.5 Å². The number of hydrogen-bond donors (Lipinski definition) is 0. The van der Waals surface area contributed by atoms with Crippen LogP contribution in [-0.2, 0) is 0 Å². The Labute approximate surface area is 159 Å². The van der Waals surface area contributed by atoms with Crippen LogP contribution in [-0.4, -0.2) is 6.11 Å². The molecule has 28 heavy (non-hydrogen) atoms. The fourth-order valence-corrected chi connectivity index (χ4v) is 3.29. The van der Waals surface area contributed by atoms with E-state index in [2.05, 4.69) is 15.5 Å². The number of hydrogen-bond acceptors (Lipinski definition) is 2. The third-order valence-corrected chi connectivity index (χ3v) is 4.80. The van der Waals surface area contributed by atoms with Crippen LogP contribution < -0.4 is 9.47 Å². The minimum atomic E-state index is -3.50. The molecule has 1 aliphatic carbocycles. The first-order valence-electron chi connectivity index (χ1n) is 9.09. The molecule has 156 valence electrons. The molecule has 0 saturated heterocycles. The summed E-state index contributed by atoms with van der Waals surface area (Å²) in [6, 6.07) is -0.0426. The van der Waals surface area contributed by atoms with E-state index in [4.69, 9.17) is 0 Å². The molecule has 0 atom stereocenters. The second-order valence-corrected chi connectivity index (χ2v) is 6.76. The zero-order chi connectivity index (χ0) is 20.7. The number of halogens is 6. The van der Waals surface area contributed by atoms with E-state index in [-0.39, 0.29) is 0 Å². The number of benzene rings is 1. The molecule has 0 spiro atoms. The molecule has 1 aromatic carbocycles. The fraction of sp³-hybridized carbons (Fsp3) is 0.500. The summed E-state index contributed by atoms with van der Waals surface area (Å²) in [5, 5.41) is 0. The average Bonchev–Trinajstić information content (AvgIpc) is 2.64. The predicted molar refractivity (Wildman–Crippen MR) is 92.4 cm³/mol.